The summed E-state index contributed by atoms with van der Waals surface area (Å²) in [4.78, 5) is 26.8. The van der Waals surface area contributed by atoms with Crippen LogP contribution in [0.25, 0.3) is 11.3 Å². The lowest BCUT2D eigenvalue weighted by atomic mass is 10.1. The maximum Gasteiger partial charge on any atom is 0.416 e. The van der Waals surface area contributed by atoms with Gasteiger partial charge in [-0.1, -0.05) is 25.0 Å². The Labute approximate surface area is 217 Å². The summed E-state index contributed by atoms with van der Waals surface area (Å²) in [5.41, 5.74) is 0.941. The van der Waals surface area contributed by atoms with E-state index in [9.17, 15) is 27.2 Å². The van der Waals surface area contributed by atoms with E-state index in [0.29, 0.717) is 31.8 Å². The molecule has 0 radical (unpaired) electrons. The third-order valence-corrected chi connectivity index (χ3v) is 6.93. The van der Waals surface area contributed by atoms with Crippen LogP contribution in [-0.4, -0.2) is 36.0 Å². The lowest BCUT2D eigenvalue weighted by Gasteiger charge is -2.35. The van der Waals surface area contributed by atoms with Crippen LogP contribution in [0.5, 0.6) is 0 Å². The number of alkyl halides is 3. The number of likely N-dealkylation sites (N-methyl/N-ethyl adjacent to an activating group) is 1. The zero-order valence-corrected chi connectivity index (χ0v) is 20.7. The molecule has 10 heteroatoms. The van der Waals surface area contributed by atoms with Crippen LogP contribution in [0.2, 0.25) is 0 Å². The van der Waals surface area contributed by atoms with Gasteiger partial charge in [-0.25, -0.2) is 4.39 Å². The average Bonchev–Trinajstić information content (AvgIpc) is 3.40. The number of carbonyl (C=O) groups excluding carboxylic acids is 2. The number of amides is 2. The molecular formula is C28H27F4N3O3. The fourth-order valence-corrected chi connectivity index (χ4v) is 4.83. The topological polar surface area (TPSA) is 65.8 Å². The van der Waals surface area contributed by atoms with Crippen molar-refractivity contribution in [3.8, 4) is 11.3 Å². The normalized spacial score (nSPS) is 15.8. The van der Waals surface area contributed by atoms with Crippen molar-refractivity contribution in [1.82, 2.24) is 10.3 Å². The predicted octanol–water partition coefficient (Wildman–Crippen LogP) is 5.83. The summed E-state index contributed by atoms with van der Waals surface area (Å²) in [5.74, 6) is -0.905. The second kappa shape index (κ2) is 10.2. The van der Waals surface area contributed by atoms with E-state index in [-0.39, 0.29) is 28.8 Å². The molecule has 2 amide bonds. The van der Waals surface area contributed by atoms with Gasteiger partial charge in [0.05, 0.1) is 11.3 Å². The molecule has 1 saturated carbocycles. The maximum atomic E-state index is 13.7. The molecular weight excluding hydrogens is 502 g/mol. The Hall–Kier alpha value is -3.82. The molecule has 1 unspecified atom stereocenters. The first-order valence-electron chi connectivity index (χ1n) is 12.6. The van der Waals surface area contributed by atoms with Crippen LogP contribution in [-0.2, 0) is 17.4 Å². The molecule has 2 aliphatic rings. The van der Waals surface area contributed by atoms with Crippen molar-refractivity contribution in [3.05, 3.63) is 77.3 Å². The standard InChI is InChI=1S/C28H27F4N3O3/c1-2-34(35-13-12-18-16-21(29)8-9-23(18)35)27(37)22(14-17-6-7-17)33-26(36)25-11-10-24(38-25)19-4-3-5-20(15-19)28(30,31)32/h3-5,8-11,15-17,22H,2,6-7,12-14H2,1H3,(H,33,36). The third kappa shape index (κ3) is 5.39. The Morgan fingerprint density at radius 2 is 1.92 bits per heavy atom. The first-order valence-corrected chi connectivity index (χ1v) is 12.6. The smallest absolute Gasteiger partial charge is 0.416 e. The largest absolute Gasteiger partial charge is 0.451 e. The van der Waals surface area contributed by atoms with Gasteiger partial charge in [0.1, 0.15) is 17.6 Å². The van der Waals surface area contributed by atoms with Gasteiger partial charge in [-0.05, 0) is 73.7 Å². The molecule has 1 aliphatic heterocycles. The number of benzene rings is 2. The Morgan fingerprint density at radius 3 is 2.63 bits per heavy atom. The van der Waals surface area contributed by atoms with Crippen molar-refractivity contribution in [3.63, 3.8) is 0 Å². The molecule has 0 spiro atoms. The predicted molar refractivity (Wildman–Crippen MR) is 133 cm³/mol. The van der Waals surface area contributed by atoms with Gasteiger partial charge in [0.25, 0.3) is 11.8 Å². The molecule has 1 atom stereocenters. The zero-order valence-electron chi connectivity index (χ0n) is 20.7. The van der Waals surface area contributed by atoms with E-state index in [1.165, 1.54) is 36.4 Å². The van der Waals surface area contributed by atoms with Crippen molar-refractivity contribution in [1.29, 1.82) is 0 Å². The molecule has 2 aromatic carbocycles. The van der Waals surface area contributed by atoms with Crippen LogP contribution in [0.4, 0.5) is 23.2 Å². The van der Waals surface area contributed by atoms with Gasteiger partial charge in [0.15, 0.2) is 5.76 Å². The van der Waals surface area contributed by atoms with Gasteiger partial charge in [-0.3, -0.25) is 19.6 Å². The second-order valence-electron chi connectivity index (χ2n) is 9.65. The van der Waals surface area contributed by atoms with Crippen LogP contribution in [0, 0.1) is 11.7 Å². The first kappa shape index (κ1) is 25.8. The molecule has 0 saturated heterocycles. The number of hydrogen-bond acceptors (Lipinski definition) is 4. The van der Waals surface area contributed by atoms with Gasteiger partial charge in [0.2, 0.25) is 0 Å². The molecule has 200 valence electrons. The van der Waals surface area contributed by atoms with Gasteiger partial charge >= 0.3 is 6.18 Å². The highest BCUT2D eigenvalue weighted by Gasteiger charge is 2.36. The molecule has 5 rings (SSSR count). The molecule has 6 nitrogen and oxygen atoms in total. The molecule has 1 fully saturated rings. The van der Waals surface area contributed by atoms with E-state index in [2.05, 4.69) is 5.32 Å². The molecule has 1 aromatic heterocycles. The highest BCUT2D eigenvalue weighted by atomic mass is 19.4. The number of anilines is 1. The minimum absolute atomic E-state index is 0.101. The van der Waals surface area contributed by atoms with E-state index >= 15 is 0 Å². The number of nitrogens with one attached hydrogen (secondary N) is 1. The Kier molecular flexibility index (Phi) is 6.90. The number of hydrazine groups is 1. The van der Waals surface area contributed by atoms with Crippen LogP contribution in [0.15, 0.2) is 59.0 Å². The summed E-state index contributed by atoms with van der Waals surface area (Å²) >= 11 is 0. The zero-order chi connectivity index (χ0) is 27.0. The maximum absolute atomic E-state index is 13.7. The summed E-state index contributed by atoms with van der Waals surface area (Å²) < 4.78 is 58.6. The number of hydrogen-bond donors (Lipinski definition) is 1. The van der Waals surface area contributed by atoms with Gasteiger partial charge in [-0.2, -0.15) is 13.2 Å². The Morgan fingerprint density at radius 1 is 1.13 bits per heavy atom. The van der Waals surface area contributed by atoms with Crippen molar-refractivity contribution in [2.45, 2.75) is 44.8 Å². The Bertz CT molecular complexity index is 1350. The fraction of sp³-hybridized carbons (Fsp3) is 0.357. The SMILES string of the molecule is CCN(C(=O)C(CC1CC1)NC(=O)c1ccc(-c2cccc(C(F)(F)F)c2)o1)N1CCc2cc(F)ccc21. The van der Waals surface area contributed by atoms with E-state index in [1.807, 2.05) is 11.9 Å². The van der Waals surface area contributed by atoms with E-state index in [4.69, 9.17) is 4.42 Å². The third-order valence-electron chi connectivity index (χ3n) is 6.93. The summed E-state index contributed by atoms with van der Waals surface area (Å²) in [7, 11) is 0. The molecule has 38 heavy (non-hydrogen) atoms. The molecule has 3 aromatic rings. The number of fused-ring (bicyclic) bond motifs is 1. The average molecular weight is 530 g/mol. The van der Waals surface area contributed by atoms with Crippen molar-refractivity contribution in [2.24, 2.45) is 5.92 Å². The molecule has 0 bridgehead atoms. The van der Waals surface area contributed by atoms with Crippen LogP contribution >= 0.6 is 0 Å². The number of furan rings is 1. The van der Waals surface area contributed by atoms with Crippen LogP contribution in [0.3, 0.4) is 0 Å². The van der Waals surface area contributed by atoms with Crippen molar-refractivity contribution in [2.75, 3.05) is 18.1 Å². The fourth-order valence-electron chi connectivity index (χ4n) is 4.83. The number of rotatable bonds is 8. The van der Waals surface area contributed by atoms with Crippen LogP contribution in [0.1, 0.15) is 47.9 Å². The summed E-state index contributed by atoms with van der Waals surface area (Å²) in [5, 5.41) is 6.18. The summed E-state index contributed by atoms with van der Waals surface area (Å²) in [6, 6.07) is 11.1. The second-order valence-corrected chi connectivity index (χ2v) is 9.65. The van der Waals surface area contributed by atoms with E-state index < -0.39 is 23.7 Å². The number of halogens is 4. The Balaban J connectivity index is 1.33. The highest BCUT2D eigenvalue weighted by molar-refractivity contribution is 5.96. The van der Waals surface area contributed by atoms with E-state index in [0.717, 1.165) is 36.2 Å². The quantitative estimate of drug-likeness (QED) is 0.373. The minimum Gasteiger partial charge on any atom is -0.451 e. The molecule has 1 N–H and O–H groups in total. The lowest BCUT2D eigenvalue weighted by Crippen LogP contribution is -2.54. The molecule has 1 aliphatic carbocycles. The summed E-state index contributed by atoms with van der Waals surface area (Å²) in [6.07, 6.45) is -1.50. The lowest BCUT2D eigenvalue weighted by molar-refractivity contribution is -0.137. The minimum atomic E-state index is -4.51. The number of carbonyl (C=O) groups is 2. The van der Waals surface area contributed by atoms with Crippen LogP contribution < -0.4 is 10.3 Å². The van der Waals surface area contributed by atoms with E-state index in [1.54, 1.807) is 11.1 Å². The highest BCUT2D eigenvalue weighted by Crippen LogP contribution is 2.36. The van der Waals surface area contributed by atoms with Crippen molar-refractivity contribution < 1.29 is 31.6 Å². The number of nitrogens with zero attached hydrogens (tertiary/aromatic N) is 2. The van der Waals surface area contributed by atoms with Gasteiger partial charge < -0.3 is 9.73 Å². The van der Waals surface area contributed by atoms with Crippen molar-refractivity contribution >= 4 is 17.5 Å². The first-order chi connectivity index (χ1) is 18.1. The molecule has 2 heterocycles. The monoisotopic (exact) mass is 529 g/mol. The van der Waals surface area contributed by atoms with Gasteiger partial charge in [0, 0.05) is 18.7 Å². The summed E-state index contributed by atoms with van der Waals surface area (Å²) in [6.45, 7) is 2.71. The van der Waals surface area contributed by atoms with Gasteiger partial charge in [-0.15, -0.1) is 0 Å².